The summed E-state index contributed by atoms with van der Waals surface area (Å²) in [7, 11) is 0.948. The molecule has 5 rings (SSSR count). The zero-order chi connectivity index (χ0) is 25.9. The molecule has 0 atom stereocenters. The molecule has 0 bridgehead atoms. The highest BCUT2D eigenvalue weighted by Gasteiger charge is 2.15. The Morgan fingerprint density at radius 2 is 1.05 bits per heavy atom. The second kappa shape index (κ2) is 13.7. The number of benzene rings is 5. The molecule has 0 fully saturated rings. The third-order valence-electron chi connectivity index (χ3n) is 5.72. The van der Waals surface area contributed by atoms with Gasteiger partial charge in [-0.3, -0.25) is 0 Å². The number of rotatable bonds is 6. The van der Waals surface area contributed by atoms with E-state index in [4.69, 9.17) is 4.74 Å². The van der Waals surface area contributed by atoms with Crippen LogP contribution in [0.15, 0.2) is 140 Å². The molecular formula is C33H28BrO2P. The molecule has 2 nitrogen and oxygen atoms in total. The van der Waals surface area contributed by atoms with Gasteiger partial charge >= 0.3 is 5.97 Å². The molecule has 184 valence electrons. The van der Waals surface area contributed by atoms with Crippen molar-refractivity contribution in [1.82, 2.24) is 0 Å². The molecule has 0 unspecified atom stereocenters. The number of methoxy groups -OCH3 is 1. The molecule has 0 radical (unpaired) electrons. The first-order chi connectivity index (χ1) is 18.2. The van der Waals surface area contributed by atoms with Gasteiger partial charge < -0.3 is 4.74 Å². The summed E-state index contributed by atoms with van der Waals surface area (Å²) in [6.07, 6.45) is 0. The lowest BCUT2D eigenvalue weighted by Gasteiger charge is -2.18. The van der Waals surface area contributed by atoms with Crippen molar-refractivity contribution in [2.75, 3.05) is 7.11 Å². The van der Waals surface area contributed by atoms with Gasteiger partial charge in [0.05, 0.1) is 12.7 Å². The molecule has 0 aliphatic heterocycles. The first-order valence-corrected chi connectivity index (χ1v) is 14.4. The summed E-state index contributed by atoms with van der Waals surface area (Å²) in [5.74, 6) is -0.310. The number of esters is 1. The fourth-order valence-electron chi connectivity index (χ4n) is 3.98. The van der Waals surface area contributed by atoms with Crippen LogP contribution in [-0.2, 0) is 10.1 Å². The van der Waals surface area contributed by atoms with Gasteiger partial charge in [-0.05, 0) is 52.7 Å². The van der Waals surface area contributed by atoms with Crippen molar-refractivity contribution < 1.29 is 9.53 Å². The molecule has 5 aromatic carbocycles. The Balaban J connectivity index is 0.000000173. The number of ether oxygens (including phenoxy) is 1. The summed E-state index contributed by atoms with van der Waals surface area (Å²) in [5.41, 5.74) is 3.74. The molecule has 0 saturated carbocycles. The molecule has 0 aliphatic rings. The third kappa shape index (κ3) is 7.26. The normalized spacial score (nSPS) is 10.4. The van der Waals surface area contributed by atoms with Crippen LogP contribution in [0.5, 0.6) is 0 Å². The standard InChI is InChI=1S/C18H15P.C15H13BrO2/c1-4-10-16(11-5-1)19(17-12-6-2-7-13-17)18-14-8-3-9-15-18;1-18-15(17)14-8-11(10-16)7-13(9-14)12-5-3-2-4-6-12/h1-15H;2-9H,10H2,1H3. The maximum Gasteiger partial charge on any atom is 0.337 e. The number of halogens is 1. The number of carbonyl (C=O) groups excluding carboxylic acids is 1. The van der Waals surface area contributed by atoms with Gasteiger partial charge in [0.2, 0.25) is 0 Å². The summed E-state index contributed by atoms with van der Waals surface area (Å²) >= 11 is 3.42. The van der Waals surface area contributed by atoms with Gasteiger partial charge in [-0.25, -0.2) is 4.79 Å². The summed E-state index contributed by atoms with van der Waals surface area (Å²) in [6.45, 7) is 0. The van der Waals surface area contributed by atoms with E-state index in [-0.39, 0.29) is 5.97 Å². The third-order valence-corrected chi connectivity index (χ3v) is 8.81. The van der Waals surface area contributed by atoms with Gasteiger partial charge in [0.25, 0.3) is 0 Å². The maximum atomic E-state index is 11.6. The van der Waals surface area contributed by atoms with Crippen LogP contribution < -0.4 is 15.9 Å². The Kier molecular flexibility index (Phi) is 9.82. The molecule has 5 aromatic rings. The van der Waals surface area contributed by atoms with Crippen LogP contribution >= 0.6 is 23.9 Å². The van der Waals surface area contributed by atoms with Gasteiger partial charge in [-0.1, -0.05) is 143 Å². The fraction of sp³-hybridized carbons (Fsp3) is 0.0606. The lowest BCUT2D eigenvalue weighted by Crippen LogP contribution is -2.20. The van der Waals surface area contributed by atoms with E-state index in [1.54, 1.807) is 0 Å². The van der Waals surface area contributed by atoms with Gasteiger partial charge in [0, 0.05) is 5.33 Å². The minimum absolute atomic E-state index is 0.310. The summed E-state index contributed by atoms with van der Waals surface area (Å²) < 4.78 is 4.77. The van der Waals surface area contributed by atoms with E-state index in [2.05, 4.69) is 113 Å². The van der Waals surface area contributed by atoms with Gasteiger partial charge in [-0.2, -0.15) is 0 Å². The van der Waals surface area contributed by atoms with Crippen LogP contribution in [0.2, 0.25) is 0 Å². The van der Waals surface area contributed by atoms with Crippen molar-refractivity contribution in [2.45, 2.75) is 5.33 Å². The van der Waals surface area contributed by atoms with Crippen molar-refractivity contribution in [2.24, 2.45) is 0 Å². The molecule has 37 heavy (non-hydrogen) atoms. The molecule has 0 N–H and O–H groups in total. The first kappa shape index (κ1) is 26.5. The topological polar surface area (TPSA) is 26.3 Å². The molecular weight excluding hydrogens is 539 g/mol. The second-order valence-electron chi connectivity index (χ2n) is 8.25. The highest BCUT2D eigenvalue weighted by molar-refractivity contribution is 9.08. The lowest BCUT2D eigenvalue weighted by molar-refractivity contribution is 0.0600. The Bertz CT molecular complexity index is 1300. The summed E-state index contributed by atoms with van der Waals surface area (Å²) in [6, 6.07) is 48.1. The number of carbonyl (C=O) groups is 1. The largest absolute Gasteiger partial charge is 0.465 e. The highest BCUT2D eigenvalue weighted by atomic mass is 79.9. The monoisotopic (exact) mass is 566 g/mol. The predicted molar refractivity (Wildman–Crippen MR) is 161 cm³/mol. The predicted octanol–water partition coefficient (Wildman–Crippen LogP) is 7.48. The van der Waals surface area contributed by atoms with Crippen LogP contribution in [-0.4, -0.2) is 13.1 Å². The molecule has 0 saturated heterocycles. The van der Waals surface area contributed by atoms with Crippen LogP contribution in [0.1, 0.15) is 15.9 Å². The van der Waals surface area contributed by atoms with E-state index in [0.29, 0.717) is 10.9 Å². The summed E-state index contributed by atoms with van der Waals surface area (Å²) in [4.78, 5) is 11.6. The molecule has 4 heteroatoms. The van der Waals surface area contributed by atoms with Crippen molar-refractivity contribution in [3.63, 3.8) is 0 Å². The van der Waals surface area contributed by atoms with E-state index >= 15 is 0 Å². The number of alkyl halides is 1. The molecule has 0 spiro atoms. The Labute approximate surface area is 228 Å². The average Bonchev–Trinajstić information content (AvgIpc) is 2.99. The Morgan fingerprint density at radius 1 is 0.622 bits per heavy atom. The van der Waals surface area contributed by atoms with Crippen LogP contribution in [0.25, 0.3) is 11.1 Å². The Hall–Kier alpha value is -3.52. The van der Waals surface area contributed by atoms with Crippen molar-refractivity contribution in [1.29, 1.82) is 0 Å². The van der Waals surface area contributed by atoms with E-state index < -0.39 is 7.92 Å². The average molecular weight is 567 g/mol. The quantitative estimate of drug-likeness (QED) is 0.121. The minimum Gasteiger partial charge on any atom is -0.465 e. The van der Waals surface area contributed by atoms with Crippen LogP contribution in [0.4, 0.5) is 0 Å². The Morgan fingerprint density at radius 3 is 1.46 bits per heavy atom. The van der Waals surface area contributed by atoms with Gasteiger partial charge in [0.1, 0.15) is 0 Å². The van der Waals surface area contributed by atoms with E-state index in [9.17, 15) is 4.79 Å². The van der Waals surface area contributed by atoms with Crippen molar-refractivity contribution in [3.05, 3.63) is 151 Å². The minimum atomic E-state index is -0.446. The zero-order valence-electron chi connectivity index (χ0n) is 20.6. The van der Waals surface area contributed by atoms with E-state index in [1.165, 1.54) is 23.0 Å². The van der Waals surface area contributed by atoms with Crippen molar-refractivity contribution >= 4 is 45.7 Å². The number of hydrogen-bond donors (Lipinski definition) is 0. The molecule has 0 heterocycles. The summed E-state index contributed by atoms with van der Waals surface area (Å²) in [5, 5.41) is 4.90. The fourth-order valence-corrected chi connectivity index (χ4v) is 6.61. The van der Waals surface area contributed by atoms with Gasteiger partial charge in [0.15, 0.2) is 0 Å². The highest BCUT2D eigenvalue weighted by Crippen LogP contribution is 2.32. The molecule has 0 amide bonds. The molecule has 0 aromatic heterocycles. The maximum absolute atomic E-state index is 11.6. The smallest absolute Gasteiger partial charge is 0.337 e. The van der Waals surface area contributed by atoms with Gasteiger partial charge in [-0.15, -0.1) is 0 Å². The second-order valence-corrected chi connectivity index (χ2v) is 11.0. The van der Waals surface area contributed by atoms with E-state index in [1.807, 2.05) is 42.5 Å². The zero-order valence-corrected chi connectivity index (χ0v) is 23.1. The molecule has 0 aliphatic carbocycles. The SMILES string of the molecule is COC(=O)c1cc(CBr)cc(-c2ccccc2)c1.c1ccc(P(c2ccccc2)c2ccccc2)cc1. The van der Waals surface area contributed by atoms with Crippen LogP contribution in [0.3, 0.4) is 0 Å². The number of hydrogen-bond acceptors (Lipinski definition) is 2. The van der Waals surface area contributed by atoms with E-state index in [0.717, 1.165) is 16.7 Å². The lowest BCUT2D eigenvalue weighted by atomic mass is 10.0. The van der Waals surface area contributed by atoms with Crippen molar-refractivity contribution in [3.8, 4) is 11.1 Å². The first-order valence-electron chi connectivity index (χ1n) is 12.0. The van der Waals surface area contributed by atoms with Crippen LogP contribution in [0, 0.1) is 0 Å².